The van der Waals surface area contributed by atoms with Crippen molar-refractivity contribution in [2.24, 2.45) is 0 Å². The molecule has 1 aromatic heterocycles. The fourth-order valence-electron chi connectivity index (χ4n) is 3.43. The first kappa shape index (κ1) is 13.4. The van der Waals surface area contributed by atoms with Gasteiger partial charge in [0.15, 0.2) is 0 Å². The Morgan fingerprint density at radius 1 is 1.35 bits per heavy atom. The van der Waals surface area contributed by atoms with E-state index in [9.17, 15) is 4.79 Å². The second-order valence-electron chi connectivity index (χ2n) is 5.99. The summed E-state index contributed by atoms with van der Waals surface area (Å²) in [7, 11) is 2.18. The number of pyridine rings is 1. The first-order valence-corrected chi connectivity index (χ1v) is 7.29. The van der Waals surface area contributed by atoms with Crippen LogP contribution in [0.25, 0.3) is 0 Å². The van der Waals surface area contributed by atoms with Gasteiger partial charge < -0.3 is 10.6 Å². The summed E-state index contributed by atoms with van der Waals surface area (Å²) in [4.78, 5) is 21.3. The van der Waals surface area contributed by atoms with Crippen LogP contribution >= 0.6 is 0 Å². The second kappa shape index (κ2) is 5.05. The Hall–Kier alpha value is -1.62. The van der Waals surface area contributed by atoms with Crippen LogP contribution in [0.15, 0.2) is 12.3 Å². The highest BCUT2D eigenvalue weighted by atomic mass is 16.2. The molecule has 2 atom stereocenters. The van der Waals surface area contributed by atoms with E-state index in [1.165, 1.54) is 12.8 Å². The molecule has 1 aromatic rings. The number of amides is 1. The number of nitrogens with zero attached hydrogens (tertiary/aromatic N) is 3. The van der Waals surface area contributed by atoms with Crippen LogP contribution in [0.3, 0.4) is 0 Å². The lowest BCUT2D eigenvalue weighted by Crippen LogP contribution is -2.40. The molecule has 3 heterocycles. The maximum absolute atomic E-state index is 12.7. The van der Waals surface area contributed by atoms with E-state index in [1.54, 1.807) is 12.3 Å². The first-order valence-electron chi connectivity index (χ1n) is 7.29. The number of carbonyl (C=O) groups is 1. The van der Waals surface area contributed by atoms with Crippen molar-refractivity contribution in [2.75, 3.05) is 25.9 Å². The molecule has 5 nitrogen and oxygen atoms in total. The molecule has 0 aromatic carbocycles. The van der Waals surface area contributed by atoms with E-state index in [1.807, 2.05) is 11.8 Å². The number of likely N-dealkylation sites (N-methyl/N-ethyl adjacent to an activating group) is 1. The van der Waals surface area contributed by atoms with Crippen molar-refractivity contribution >= 4 is 11.6 Å². The van der Waals surface area contributed by atoms with E-state index in [0.29, 0.717) is 23.3 Å². The molecular formula is C15H22N4O. The fraction of sp³-hybridized carbons (Fsp3) is 0.600. The summed E-state index contributed by atoms with van der Waals surface area (Å²) in [6.45, 7) is 3.52. The van der Waals surface area contributed by atoms with Crippen LogP contribution in [-0.2, 0) is 0 Å². The van der Waals surface area contributed by atoms with Crippen LogP contribution in [0.1, 0.15) is 35.3 Å². The fourth-order valence-corrected chi connectivity index (χ4v) is 3.43. The summed E-state index contributed by atoms with van der Waals surface area (Å²) in [5.41, 5.74) is 7.72. The van der Waals surface area contributed by atoms with Crippen LogP contribution in [0.5, 0.6) is 0 Å². The number of anilines is 1. The zero-order valence-electron chi connectivity index (χ0n) is 12.2. The van der Waals surface area contributed by atoms with Gasteiger partial charge in [0.1, 0.15) is 0 Å². The first-order chi connectivity index (χ1) is 9.56. The third-order valence-electron chi connectivity index (χ3n) is 4.77. The number of aryl methyl sites for hydroxylation is 1. The molecule has 108 valence electrons. The van der Waals surface area contributed by atoms with Crippen LogP contribution in [0.2, 0.25) is 0 Å². The molecule has 2 N–H and O–H groups in total. The smallest absolute Gasteiger partial charge is 0.255 e. The Bertz CT molecular complexity index is 531. The van der Waals surface area contributed by atoms with Crippen molar-refractivity contribution in [3.8, 4) is 0 Å². The Labute approximate surface area is 119 Å². The van der Waals surface area contributed by atoms with Gasteiger partial charge in [0.2, 0.25) is 0 Å². The molecule has 2 bridgehead atoms. The summed E-state index contributed by atoms with van der Waals surface area (Å²) in [6, 6.07) is 2.89. The normalized spacial score (nSPS) is 26.6. The predicted octanol–water partition coefficient (Wildman–Crippen LogP) is 1.28. The standard InChI is InChI=1S/C15H22N4O/c1-10-14(7-11(16)8-17-10)15(20)19-6-5-12-3-4-13(9-19)18(12)2/h7-8,12-13H,3-6,9,16H2,1-2H3. The summed E-state index contributed by atoms with van der Waals surface area (Å²) in [5, 5.41) is 0. The minimum absolute atomic E-state index is 0.0725. The number of nitrogens with two attached hydrogens (primary N) is 1. The molecule has 0 radical (unpaired) electrons. The van der Waals surface area contributed by atoms with Crippen molar-refractivity contribution in [3.05, 3.63) is 23.5 Å². The van der Waals surface area contributed by atoms with Gasteiger partial charge in [0, 0.05) is 25.2 Å². The van der Waals surface area contributed by atoms with Gasteiger partial charge in [-0.15, -0.1) is 0 Å². The van der Waals surface area contributed by atoms with Crippen LogP contribution in [0, 0.1) is 6.92 Å². The van der Waals surface area contributed by atoms with Gasteiger partial charge in [-0.25, -0.2) is 0 Å². The van der Waals surface area contributed by atoms with E-state index in [2.05, 4.69) is 16.9 Å². The molecule has 1 amide bonds. The zero-order valence-corrected chi connectivity index (χ0v) is 12.2. The molecule has 0 spiro atoms. The minimum atomic E-state index is 0.0725. The molecule has 5 heteroatoms. The number of rotatable bonds is 1. The molecule has 2 unspecified atom stereocenters. The Balaban J connectivity index is 1.82. The summed E-state index contributed by atoms with van der Waals surface area (Å²) in [5.74, 6) is 0.0725. The highest BCUT2D eigenvalue weighted by Gasteiger charge is 2.36. The third kappa shape index (κ3) is 2.26. The number of nitrogen functional groups attached to an aromatic ring is 1. The van der Waals surface area contributed by atoms with Crippen molar-refractivity contribution in [1.82, 2.24) is 14.8 Å². The molecular weight excluding hydrogens is 252 g/mol. The molecule has 2 aliphatic heterocycles. The number of fused-ring (bicyclic) bond motifs is 2. The van der Waals surface area contributed by atoms with Crippen molar-refractivity contribution in [2.45, 2.75) is 38.3 Å². The number of aromatic nitrogens is 1. The zero-order chi connectivity index (χ0) is 14.3. The van der Waals surface area contributed by atoms with Crippen LogP contribution in [0.4, 0.5) is 5.69 Å². The molecule has 2 fully saturated rings. The van der Waals surface area contributed by atoms with E-state index in [0.717, 1.165) is 25.2 Å². The number of hydrogen-bond acceptors (Lipinski definition) is 4. The van der Waals surface area contributed by atoms with E-state index >= 15 is 0 Å². The monoisotopic (exact) mass is 274 g/mol. The largest absolute Gasteiger partial charge is 0.397 e. The van der Waals surface area contributed by atoms with Crippen LogP contribution in [-0.4, -0.2) is 52.9 Å². The SMILES string of the molecule is Cc1ncc(N)cc1C(=O)N1CCC2CCC(C1)N2C. The maximum atomic E-state index is 12.7. The average Bonchev–Trinajstić information content (AvgIpc) is 2.65. The Morgan fingerprint density at radius 2 is 2.10 bits per heavy atom. The molecule has 0 aliphatic carbocycles. The van der Waals surface area contributed by atoms with E-state index in [-0.39, 0.29) is 5.91 Å². The Morgan fingerprint density at radius 3 is 2.90 bits per heavy atom. The molecule has 2 saturated heterocycles. The van der Waals surface area contributed by atoms with Gasteiger partial charge in [-0.1, -0.05) is 0 Å². The predicted molar refractivity (Wildman–Crippen MR) is 78.5 cm³/mol. The van der Waals surface area contributed by atoms with Crippen LogP contribution < -0.4 is 5.73 Å². The highest BCUT2D eigenvalue weighted by molar-refractivity contribution is 5.96. The number of hydrogen-bond donors (Lipinski definition) is 1. The lowest BCUT2D eigenvalue weighted by Gasteiger charge is -2.26. The van der Waals surface area contributed by atoms with Gasteiger partial charge >= 0.3 is 0 Å². The summed E-state index contributed by atoms with van der Waals surface area (Å²) >= 11 is 0. The van der Waals surface area contributed by atoms with Gasteiger partial charge in [-0.2, -0.15) is 0 Å². The Kier molecular flexibility index (Phi) is 3.38. The van der Waals surface area contributed by atoms with Crippen molar-refractivity contribution in [1.29, 1.82) is 0 Å². The third-order valence-corrected chi connectivity index (χ3v) is 4.77. The summed E-state index contributed by atoms with van der Waals surface area (Å²) in [6.07, 6.45) is 5.12. The van der Waals surface area contributed by atoms with E-state index in [4.69, 9.17) is 5.73 Å². The summed E-state index contributed by atoms with van der Waals surface area (Å²) < 4.78 is 0. The van der Waals surface area contributed by atoms with Gasteiger partial charge in [-0.05, 0) is 39.3 Å². The van der Waals surface area contributed by atoms with E-state index < -0.39 is 0 Å². The molecule has 2 aliphatic rings. The lowest BCUT2D eigenvalue weighted by atomic mass is 10.1. The minimum Gasteiger partial charge on any atom is -0.397 e. The highest BCUT2D eigenvalue weighted by Crippen LogP contribution is 2.29. The molecule has 3 rings (SSSR count). The maximum Gasteiger partial charge on any atom is 0.255 e. The van der Waals surface area contributed by atoms with Gasteiger partial charge in [0.05, 0.1) is 23.1 Å². The van der Waals surface area contributed by atoms with Gasteiger partial charge in [-0.3, -0.25) is 14.7 Å². The quantitative estimate of drug-likeness (QED) is 0.838. The topological polar surface area (TPSA) is 62.5 Å². The second-order valence-corrected chi connectivity index (χ2v) is 5.99. The van der Waals surface area contributed by atoms with Crippen molar-refractivity contribution in [3.63, 3.8) is 0 Å². The average molecular weight is 274 g/mol. The number of likely N-dealkylation sites (tertiary alicyclic amines) is 1. The number of carbonyl (C=O) groups excluding carboxylic acids is 1. The molecule has 20 heavy (non-hydrogen) atoms. The molecule has 0 saturated carbocycles. The lowest BCUT2D eigenvalue weighted by molar-refractivity contribution is 0.0739. The van der Waals surface area contributed by atoms with Gasteiger partial charge in [0.25, 0.3) is 5.91 Å². The van der Waals surface area contributed by atoms with Crippen molar-refractivity contribution < 1.29 is 4.79 Å².